The van der Waals surface area contributed by atoms with Gasteiger partial charge in [0.2, 0.25) is 17.7 Å². The van der Waals surface area contributed by atoms with Gasteiger partial charge in [-0.2, -0.15) is 0 Å². The lowest BCUT2D eigenvalue weighted by molar-refractivity contribution is -0.158. The number of nitrogens with zero attached hydrogens (tertiary/aromatic N) is 2. The Labute approximate surface area is 227 Å². The first-order valence-corrected chi connectivity index (χ1v) is 13.6. The van der Waals surface area contributed by atoms with E-state index < -0.39 is 41.7 Å². The number of aliphatic hydroxyl groups is 1. The van der Waals surface area contributed by atoms with Gasteiger partial charge in [-0.3, -0.25) is 19.2 Å². The lowest BCUT2D eigenvalue weighted by atomic mass is 9.74. The van der Waals surface area contributed by atoms with E-state index in [-0.39, 0.29) is 56.8 Å². The number of fused-ring (bicyclic) bond motifs is 2. The molecule has 10 heteroatoms. The van der Waals surface area contributed by atoms with Crippen LogP contribution in [-0.2, 0) is 35.2 Å². The van der Waals surface area contributed by atoms with E-state index >= 15 is 0 Å². The van der Waals surface area contributed by atoms with Gasteiger partial charge in [0, 0.05) is 32.7 Å². The van der Waals surface area contributed by atoms with Gasteiger partial charge in [-0.25, -0.2) is 0 Å². The molecule has 6 atom stereocenters. The molecule has 1 aromatic carbocycles. The van der Waals surface area contributed by atoms with E-state index in [1.807, 2.05) is 42.5 Å². The van der Waals surface area contributed by atoms with Gasteiger partial charge in [-0.05, 0) is 25.3 Å². The monoisotopic (exact) mass is 537 g/mol. The number of rotatable bonds is 5. The second kappa shape index (κ2) is 11.3. The average molecular weight is 538 g/mol. The number of carbonyl (C=O) groups excluding carboxylic acids is 4. The fourth-order valence-corrected chi connectivity index (χ4v) is 6.11. The van der Waals surface area contributed by atoms with Crippen molar-refractivity contribution in [1.29, 1.82) is 0 Å². The first-order chi connectivity index (χ1) is 18.9. The first kappa shape index (κ1) is 27.1. The van der Waals surface area contributed by atoms with Gasteiger partial charge in [-0.1, -0.05) is 54.6 Å². The van der Waals surface area contributed by atoms with Gasteiger partial charge in [0.15, 0.2) is 0 Å². The third-order valence-corrected chi connectivity index (χ3v) is 7.90. The maximum Gasteiger partial charge on any atom is 0.313 e. The number of aliphatic hydroxyl groups excluding tert-OH is 1. The number of allylic oxidation sites excluding steroid dienone is 1. The van der Waals surface area contributed by atoms with E-state index in [2.05, 4.69) is 5.32 Å². The molecular weight excluding hydrogens is 502 g/mol. The van der Waals surface area contributed by atoms with Crippen molar-refractivity contribution in [2.75, 3.05) is 26.2 Å². The minimum absolute atomic E-state index is 0.146. The lowest BCUT2D eigenvalue weighted by Crippen LogP contribution is -2.55. The Morgan fingerprint density at radius 2 is 1.90 bits per heavy atom. The highest BCUT2D eigenvalue weighted by atomic mass is 16.6. The standard InChI is InChI=1S/C29H35N3O7/c1-19-17-30-22(34)11-6-3-7-14-31(18-20-9-4-2-5-10-20)27(36)25-29-13-12-21(39-29)23(28(37)38-19)24(29)26(35)32(25)15-8-16-33/h2-5,7,9-10,12-13,19,21,23-25,33H,6,8,11,14-18H2,1H3,(H,30,34)/b7-3-/t19-,21+,23-,24-,25+,29-/m1/s1. The largest absolute Gasteiger partial charge is 0.460 e. The molecule has 10 nitrogen and oxygen atoms in total. The lowest BCUT2D eigenvalue weighted by Gasteiger charge is -2.36. The van der Waals surface area contributed by atoms with E-state index in [0.717, 1.165) is 5.56 Å². The van der Waals surface area contributed by atoms with Crippen molar-refractivity contribution in [3.8, 4) is 0 Å². The highest BCUT2D eigenvalue weighted by Crippen LogP contribution is 2.55. The van der Waals surface area contributed by atoms with Crippen LogP contribution in [0, 0.1) is 11.8 Å². The summed E-state index contributed by atoms with van der Waals surface area (Å²) in [5, 5.41) is 12.3. The van der Waals surface area contributed by atoms with Crippen molar-refractivity contribution >= 4 is 23.7 Å². The topological polar surface area (TPSA) is 125 Å². The highest BCUT2D eigenvalue weighted by molar-refractivity contribution is 5.99. The summed E-state index contributed by atoms with van der Waals surface area (Å²) in [6.45, 7) is 2.42. The zero-order chi connectivity index (χ0) is 27.6. The number of carbonyl (C=O) groups is 4. The summed E-state index contributed by atoms with van der Waals surface area (Å²) in [6, 6.07) is 8.57. The summed E-state index contributed by atoms with van der Waals surface area (Å²) in [5.74, 6) is -3.23. The molecule has 0 radical (unpaired) electrons. The molecule has 208 valence electrons. The number of hydrogen-bond donors (Lipinski definition) is 2. The molecule has 0 aromatic heterocycles. The molecule has 4 heterocycles. The minimum Gasteiger partial charge on any atom is -0.460 e. The van der Waals surface area contributed by atoms with Gasteiger partial charge >= 0.3 is 5.97 Å². The maximum atomic E-state index is 14.4. The predicted octanol–water partition coefficient (Wildman–Crippen LogP) is 0.946. The van der Waals surface area contributed by atoms with Gasteiger partial charge in [-0.15, -0.1) is 0 Å². The Morgan fingerprint density at radius 1 is 1.10 bits per heavy atom. The van der Waals surface area contributed by atoms with E-state index in [0.29, 0.717) is 13.0 Å². The number of esters is 1. The summed E-state index contributed by atoms with van der Waals surface area (Å²) in [5.41, 5.74) is -0.380. The van der Waals surface area contributed by atoms with Crippen molar-refractivity contribution in [3.05, 3.63) is 60.2 Å². The Kier molecular flexibility index (Phi) is 7.86. The van der Waals surface area contributed by atoms with E-state index in [9.17, 15) is 24.3 Å². The molecule has 0 aliphatic carbocycles. The molecule has 2 N–H and O–H groups in total. The summed E-state index contributed by atoms with van der Waals surface area (Å²) in [7, 11) is 0. The van der Waals surface area contributed by atoms with Crippen LogP contribution in [0.3, 0.4) is 0 Å². The quantitative estimate of drug-likeness (QED) is 0.423. The van der Waals surface area contributed by atoms with Crippen LogP contribution in [0.25, 0.3) is 0 Å². The second-order valence-corrected chi connectivity index (χ2v) is 10.6. The van der Waals surface area contributed by atoms with Crippen molar-refractivity contribution in [3.63, 3.8) is 0 Å². The fourth-order valence-electron chi connectivity index (χ4n) is 6.11. The van der Waals surface area contributed by atoms with E-state index in [1.165, 1.54) is 4.90 Å². The Bertz CT molecular complexity index is 1170. The van der Waals surface area contributed by atoms with Crippen LogP contribution in [0.1, 0.15) is 31.7 Å². The SMILES string of the molecule is C[C@@H]1CNC(=O)CC/C=C\CN(Cc2ccccc2)C(=O)[C@@H]2N(CCCO)C(=O)[C@H]3[C@H](C(=O)O1)[C@@H]1C=C[C@]23O1. The molecule has 0 unspecified atom stereocenters. The second-order valence-electron chi connectivity index (χ2n) is 10.6. The van der Waals surface area contributed by atoms with Crippen LogP contribution >= 0.6 is 0 Å². The zero-order valence-corrected chi connectivity index (χ0v) is 22.0. The molecule has 4 aliphatic rings. The van der Waals surface area contributed by atoms with Crippen molar-refractivity contribution in [2.45, 2.75) is 56.6 Å². The van der Waals surface area contributed by atoms with Crippen LogP contribution in [0.4, 0.5) is 0 Å². The zero-order valence-electron chi connectivity index (χ0n) is 22.0. The number of likely N-dealkylation sites (tertiary alicyclic amines) is 1. The Balaban J connectivity index is 1.54. The molecule has 39 heavy (non-hydrogen) atoms. The highest BCUT2D eigenvalue weighted by Gasteiger charge is 2.73. The van der Waals surface area contributed by atoms with Gasteiger partial charge in [0.05, 0.1) is 18.6 Å². The number of ether oxygens (including phenoxy) is 2. The van der Waals surface area contributed by atoms with E-state index in [1.54, 1.807) is 24.0 Å². The Hall–Kier alpha value is -3.50. The average Bonchev–Trinajstić information content (AvgIpc) is 3.57. The number of amides is 3. The van der Waals surface area contributed by atoms with Gasteiger partial charge in [0.1, 0.15) is 23.7 Å². The number of cyclic esters (lactones) is 1. The molecule has 5 bridgehead atoms. The Morgan fingerprint density at radius 3 is 2.67 bits per heavy atom. The van der Waals surface area contributed by atoms with Crippen molar-refractivity contribution in [1.82, 2.24) is 15.1 Å². The smallest absolute Gasteiger partial charge is 0.313 e. The molecule has 1 aromatic rings. The predicted molar refractivity (Wildman–Crippen MR) is 140 cm³/mol. The molecule has 4 aliphatic heterocycles. The fraction of sp³-hybridized carbons (Fsp3) is 0.517. The number of benzene rings is 1. The maximum absolute atomic E-state index is 14.4. The molecule has 5 rings (SSSR count). The van der Waals surface area contributed by atoms with Crippen LogP contribution in [0.15, 0.2) is 54.6 Å². The van der Waals surface area contributed by atoms with Gasteiger partial charge < -0.3 is 29.7 Å². The van der Waals surface area contributed by atoms with Crippen LogP contribution in [0.5, 0.6) is 0 Å². The third-order valence-electron chi connectivity index (χ3n) is 7.90. The summed E-state index contributed by atoms with van der Waals surface area (Å²) < 4.78 is 12.0. The summed E-state index contributed by atoms with van der Waals surface area (Å²) in [6.07, 6.45) is 6.98. The third kappa shape index (κ3) is 5.10. The summed E-state index contributed by atoms with van der Waals surface area (Å²) in [4.78, 5) is 57.1. The van der Waals surface area contributed by atoms with Crippen LogP contribution in [0.2, 0.25) is 0 Å². The van der Waals surface area contributed by atoms with Crippen molar-refractivity contribution < 1.29 is 33.8 Å². The minimum atomic E-state index is -1.30. The van der Waals surface area contributed by atoms with E-state index in [4.69, 9.17) is 9.47 Å². The summed E-state index contributed by atoms with van der Waals surface area (Å²) >= 11 is 0. The number of nitrogens with one attached hydrogen (secondary N) is 1. The van der Waals surface area contributed by atoms with Crippen LogP contribution in [-0.4, -0.2) is 88.7 Å². The number of hydrogen-bond acceptors (Lipinski definition) is 7. The first-order valence-electron chi connectivity index (χ1n) is 13.6. The normalized spacial score (nSPS) is 33.7. The molecule has 2 saturated heterocycles. The molecule has 3 amide bonds. The molecule has 0 saturated carbocycles. The molecule has 2 fully saturated rings. The molecular formula is C29H35N3O7. The van der Waals surface area contributed by atoms with Gasteiger partial charge in [0.25, 0.3) is 0 Å². The van der Waals surface area contributed by atoms with Crippen LogP contribution < -0.4 is 5.32 Å². The van der Waals surface area contributed by atoms with Crippen molar-refractivity contribution in [2.24, 2.45) is 11.8 Å². The molecule has 1 spiro atoms.